The van der Waals surface area contributed by atoms with Gasteiger partial charge in [0.05, 0.1) is 24.3 Å². The van der Waals surface area contributed by atoms with Crippen LogP contribution in [0.15, 0.2) is 206 Å². The molecule has 1 amide bonds. The standard InChI is InChI=1S/C41H42N2O6.C34H28O5/c1-3-47-40(45)31(25-29-20-22-32(23-21-29)48-27-30-13-5-4-6-14-30)26-39(44)38(19-11-12-24-42-2)43-41(46)49-28-37-35-17-9-7-15-33(35)34-16-8-10-18-36(34)37;1-2-37-34(36)26(20-24-16-18-27(19-17-24)38-22-25-10-4-3-5-11-25)21-33(35)39-23-32-30-14-8-6-12-28(30)29-13-7-9-15-31(29)32/h1,4-10,13-18,20-23,31,37-38,42H,11-12,19,24-28H2,2H3,(H,43,46);1,3-19,26,32H,20-23H2/t31?,38-;26-/m01/s1/i2*1T. The third kappa shape index (κ3) is 17.0. The van der Waals surface area contributed by atoms with E-state index in [1.807, 2.05) is 202 Å². The fourth-order valence-corrected chi connectivity index (χ4v) is 11.2. The van der Waals surface area contributed by atoms with Crippen molar-refractivity contribution in [1.29, 1.82) is 0 Å². The maximum atomic E-state index is 13.8. The number of ether oxygens (including phenoxy) is 6. The van der Waals surface area contributed by atoms with Gasteiger partial charge in [-0.3, -0.25) is 19.2 Å². The van der Waals surface area contributed by atoms with Crippen molar-refractivity contribution in [2.24, 2.45) is 11.8 Å². The van der Waals surface area contributed by atoms with Crippen molar-refractivity contribution >= 4 is 29.8 Å². The number of hydrogen-bond donors (Lipinski definition) is 2. The van der Waals surface area contributed by atoms with Crippen LogP contribution in [0.2, 0.25) is 0 Å². The van der Waals surface area contributed by atoms with Crippen LogP contribution in [-0.4, -0.2) is 62.6 Å². The highest BCUT2D eigenvalue weighted by Gasteiger charge is 2.33. The van der Waals surface area contributed by atoms with E-state index in [0.29, 0.717) is 37.6 Å². The summed E-state index contributed by atoms with van der Waals surface area (Å²) in [5.41, 5.74) is 12.7. The molecule has 0 heterocycles. The van der Waals surface area contributed by atoms with Crippen molar-refractivity contribution in [2.45, 2.75) is 76.0 Å². The number of carbonyl (C=O) groups excluding carboxylic acids is 5. The highest BCUT2D eigenvalue weighted by molar-refractivity contribution is 5.91. The van der Waals surface area contributed by atoms with Crippen LogP contribution in [0.4, 0.5) is 4.79 Å². The zero-order valence-corrected chi connectivity index (χ0v) is 49.0. The first-order chi connectivity index (χ1) is 44.1. The number of nitrogens with one attached hydrogen (secondary N) is 2. The molecule has 8 aromatic carbocycles. The molecule has 0 spiro atoms. The highest BCUT2D eigenvalue weighted by atomic mass is 16.6. The van der Waals surface area contributed by atoms with Gasteiger partial charge in [-0.25, -0.2) is 4.79 Å². The molecule has 0 aliphatic heterocycles. The zero-order chi connectivity index (χ0) is 62.9. The van der Waals surface area contributed by atoms with Gasteiger partial charge in [0.1, 0.15) is 52.9 Å². The smallest absolute Gasteiger partial charge is 0.407 e. The second kappa shape index (κ2) is 31.8. The van der Waals surface area contributed by atoms with Crippen LogP contribution in [0.3, 0.4) is 0 Å². The van der Waals surface area contributed by atoms with Gasteiger partial charge in [-0.05, 0) is 137 Å². The molecule has 2 aliphatic carbocycles. The third-order valence-corrected chi connectivity index (χ3v) is 15.7. The summed E-state index contributed by atoms with van der Waals surface area (Å²) in [5, 5.41) is 5.89. The van der Waals surface area contributed by atoms with E-state index in [4.69, 9.17) is 31.2 Å². The van der Waals surface area contributed by atoms with Crippen LogP contribution >= 0.6 is 0 Å². The number of hydrogen-bond acceptors (Lipinski definition) is 12. The van der Waals surface area contributed by atoms with Gasteiger partial charge < -0.3 is 39.1 Å². The molecule has 0 radical (unpaired) electrons. The Balaban J connectivity index is 0.000000219. The topological polar surface area (TPSA) is 165 Å². The molecule has 0 saturated heterocycles. The quantitative estimate of drug-likeness (QED) is 0.0217. The summed E-state index contributed by atoms with van der Waals surface area (Å²) in [5.74, 6) is -2.71. The minimum absolute atomic E-state index is 0.0700. The Labute approximate surface area is 517 Å². The molecule has 446 valence electrons. The molecule has 2 aliphatic rings. The molecule has 10 rings (SSSR count). The molecule has 13 heteroatoms. The van der Waals surface area contributed by atoms with Gasteiger partial charge in [-0.1, -0.05) is 195 Å². The summed E-state index contributed by atoms with van der Waals surface area (Å²) in [4.78, 5) is 65.7. The van der Waals surface area contributed by atoms with Gasteiger partial charge in [0.25, 0.3) is 0 Å². The molecule has 2 N–H and O–H groups in total. The number of Topliss-reactive ketones (excluding diaryl/α,β-unsaturated/α-hetero) is 1. The van der Waals surface area contributed by atoms with Crippen molar-refractivity contribution in [3.8, 4) is 58.8 Å². The Bertz CT molecular complexity index is 3750. The Morgan fingerprint density at radius 2 is 0.898 bits per heavy atom. The predicted molar refractivity (Wildman–Crippen MR) is 337 cm³/mol. The Kier molecular flexibility index (Phi) is 21.5. The molecule has 3 atom stereocenters. The van der Waals surface area contributed by atoms with Gasteiger partial charge in [-0.2, -0.15) is 0 Å². The van der Waals surface area contributed by atoms with Crippen molar-refractivity contribution in [3.05, 3.63) is 251 Å². The number of ketones is 1. The molecule has 1 unspecified atom stereocenters. The number of alkyl carbamates (subject to hydrolysis) is 1. The van der Waals surface area contributed by atoms with Gasteiger partial charge in [0.15, 0.2) is 5.78 Å². The average molecular weight is 1180 g/mol. The summed E-state index contributed by atoms with van der Waals surface area (Å²) in [6, 6.07) is 65.9. The van der Waals surface area contributed by atoms with Crippen molar-refractivity contribution in [2.75, 3.05) is 26.8 Å². The van der Waals surface area contributed by atoms with Crippen LogP contribution in [0.25, 0.3) is 22.3 Å². The Morgan fingerprint density at radius 1 is 0.489 bits per heavy atom. The molecule has 0 saturated carbocycles. The van der Waals surface area contributed by atoms with Crippen LogP contribution in [0, 0.1) is 36.8 Å². The summed E-state index contributed by atoms with van der Waals surface area (Å²) in [6.07, 6.45) is 8.94. The SMILES string of the molecule is [3H]C#COC(=O)C(CC(=O)[C@H](CCCCNC)NC(=O)OCC1c2ccccc2-c2ccccc21)Cc1ccc(OCc2ccccc2)cc1.[3H]C#COC(=O)[C@@H](CC(=O)OCC1c2ccccc2-c2ccccc21)Cc1ccc(OCc2ccccc2)cc1. The number of amides is 1. The van der Waals surface area contributed by atoms with Gasteiger partial charge in [0, 0.05) is 18.3 Å². The second-order valence-corrected chi connectivity index (χ2v) is 21.6. The van der Waals surface area contributed by atoms with Gasteiger partial charge >= 0.3 is 24.0 Å². The first kappa shape index (κ1) is 59.5. The lowest BCUT2D eigenvalue weighted by atomic mass is 9.91. The fraction of sp³-hybridized carbons (Fsp3) is 0.240. The zero-order valence-electron chi connectivity index (χ0n) is 51.0. The maximum Gasteiger partial charge on any atom is 0.407 e. The van der Waals surface area contributed by atoms with Crippen molar-refractivity contribution < 1.29 is 55.1 Å². The first-order valence-corrected chi connectivity index (χ1v) is 29.5. The number of unbranched alkanes of at least 4 members (excludes halogenated alkanes) is 1. The molecular formula is C75H70N2O11. The van der Waals surface area contributed by atoms with Gasteiger partial charge in [0.2, 0.25) is 0 Å². The average Bonchev–Trinajstić information content (AvgIpc) is 1.76. The molecule has 8 aromatic rings. The Morgan fingerprint density at radius 3 is 1.33 bits per heavy atom. The molecule has 88 heavy (non-hydrogen) atoms. The molecule has 0 fully saturated rings. The number of benzene rings is 8. The lowest BCUT2D eigenvalue weighted by Gasteiger charge is -2.21. The van der Waals surface area contributed by atoms with Crippen molar-refractivity contribution in [3.63, 3.8) is 0 Å². The lowest BCUT2D eigenvalue weighted by Crippen LogP contribution is -2.43. The Hall–Kier alpha value is -10.2. The van der Waals surface area contributed by atoms with E-state index < -0.39 is 41.9 Å². The van der Waals surface area contributed by atoms with Crippen LogP contribution in [0.5, 0.6) is 11.5 Å². The van der Waals surface area contributed by atoms with Crippen LogP contribution in [-0.2, 0) is 64.2 Å². The lowest BCUT2D eigenvalue weighted by molar-refractivity contribution is -0.151. The van der Waals surface area contributed by atoms with Crippen LogP contribution < -0.4 is 20.1 Å². The second-order valence-electron chi connectivity index (χ2n) is 21.6. The normalized spacial score (nSPS) is 12.9. The fourth-order valence-electron chi connectivity index (χ4n) is 11.2. The molecule has 0 aromatic heterocycles. The molecular weight excluding hydrogens is 1100 g/mol. The largest absolute Gasteiger partial charge is 0.489 e. The van der Waals surface area contributed by atoms with E-state index in [0.717, 1.165) is 79.7 Å². The van der Waals surface area contributed by atoms with E-state index in [-0.39, 0.29) is 56.5 Å². The minimum Gasteiger partial charge on any atom is -0.489 e. The maximum absolute atomic E-state index is 13.8. The number of fused-ring (bicyclic) bond motifs is 6. The number of terminal acetylenes is 2. The minimum atomic E-state index is -0.886. The van der Waals surface area contributed by atoms with E-state index in [2.05, 4.69) is 47.0 Å². The summed E-state index contributed by atoms with van der Waals surface area (Å²) in [6.45, 7) is 1.92. The van der Waals surface area contributed by atoms with Crippen molar-refractivity contribution in [1.82, 2.24) is 10.6 Å². The van der Waals surface area contributed by atoms with E-state index >= 15 is 0 Å². The van der Waals surface area contributed by atoms with E-state index in [1.165, 1.54) is 0 Å². The predicted octanol–water partition coefficient (Wildman–Crippen LogP) is 13.1. The summed E-state index contributed by atoms with van der Waals surface area (Å²) < 4.78 is 47.1. The highest BCUT2D eigenvalue weighted by Crippen LogP contribution is 2.46. The molecule has 0 bridgehead atoms. The van der Waals surface area contributed by atoms with E-state index in [9.17, 15) is 24.0 Å². The van der Waals surface area contributed by atoms with Gasteiger partial charge in [-0.15, -0.1) is 0 Å². The number of rotatable bonds is 27. The first-order valence-electron chi connectivity index (χ1n) is 30.5. The monoisotopic (exact) mass is 1180 g/mol. The van der Waals surface area contributed by atoms with Crippen LogP contribution in [0.1, 0.15) is 91.2 Å². The summed E-state index contributed by atoms with van der Waals surface area (Å²) in [7, 11) is 1.86. The third-order valence-electron chi connectivity index (χ3n) is 15.7. The number of carbonyl (C=O) groups is 5. The summed E-state index contributed by atoms with van der Waals surface area (Å²) >= 11 is 0. The van der Waals surface area contributed by atoms with E-state index in [1.54, 1.807) is 0 Å². The number of esters is 3. The molecule has 13 nitrogen and oxygen atoms in total.